The minimum Gasteiger partial charge on any atom is -0.370 e. The first-order valence-electron chi connectivity index (χ1n) is 3.62. The highest BCUT2D eigenvalue weighted by atomic mass is 15.3. The molecule has 1 aromatic heterocycles. The molecule has 3 nitrogen and oxygen atoms in total. The number of hydrogen-bond acceptors (Lipinski definition) is 2. The quantitative estimate of drug-likeness (QED) is 0.572. The first-order valence-corrected chi connectivity index (χ1v) is 3.62. The molecular weight excluding hydrogens is 126 g/mol. The van der Waals surface area contributed by atoms with E-state index in [1.165, 1.54) is 24.2 Å². The van der Waals surface area contributed by atoms with Crippen LogP contribution in [0, 0.1) is 0 Å². The Morgan fingerprint density at radius 2 is 2.60 bits per heavy atom. The fraction of sp³-hybridized carbons (Fsp3) is 0.571. The lowest BCUT2D eigenvalue weighted by molar-refractivity contribution is 0.749. The summed E-state index contributed by atoms with van der Waals surface area (Å²) in [5, 5.41) is 7.46. The van der Waals surface area contributed by atoms with Gasteiger partial charge in [0.2, 0.25) is 0 Å². The number of nitrogens with zero attached hydrogens (tertiary/aromatic N) is 2. The van der Waals surface area contributed by atoms with Crippen molar-refractivity contribution in [2.24, 2.45) is 7.05 Å². The molecule has 2 heterocycles. The van der Waals surface area contributed by atoms with Crippen LogP contribution in [0.1, 0.15) is 12.0 Å². The Morgan fingerprint density at radius 3 is 3.40 bits per heavy atom. The minimum absolute atomic E-state index is 1.09. The third kappa shape index (κ3) is 0.701. The number of aryl methyl sites for hydroxylation is 2. The fourth-order valence-corrected chi connectivity index (χ4v) is 1.38. The minimum atomic E-state index is 1.09. The van der Waals surface area contributed by atoms with Gasteiger partial charge in [-0.05, 0) is 12.8 Å². The summed E-state index contributed by atoms with van der Waals surface area (Å²) < 4.78 is 1.90. The average molecular weight is 137 g/mol. The summed E-state index contributed by atoms with van der Waals surface area (Å²) in [5.41, 5.74) is 1.36. The van der Waals surface area contributed by atoms with E-state index >= 15 is 0 Å². The first-order chi connectivity index (χ1) is 4.88. The van der Waals surface area contributed by atoms with E-state index in [4.69, 9.17) is 0 Å². The molecule has 0 bridgehead atoms. The summed E-state index contributed by atoms with van der Waals surface area (Å²) in [5.74, 6) is 1.20. The fourth-order valence-electron chi connectivity index (χ4n) is 1.38. The molecular formula is C7H11N3. The van der Waals surface area contributed by atoms with E-state index < -0.39 is 0 Å². The van der Waals surface area contributed by atoms with Crippen molar-refractivity contribution in [1.29, 1.82) is 0 Å². The molecule has 0 aliphatic carbocycles. The van der Waals surface area contributed by atoms with E-state index in [2.05, 4.69) is 10.4 Å². The van der Waals surface area contributed by atoms with Crippen molar-refractivity contribution in [2.75, 3.05) is 11.9 Å². The molecule has 0 saturated heterocycles. The molecule has 1 aromatic rings. The molecule has 10 heavy (non-hydrogen) atoms. The Bertz CT molecular complexity index is 239. The van der Waals surface area contributed by atoms with Gasteiger partial charge in [-0.3, -0.25) is 4.68 Å². The molecule has 1 aliphatic heterocycles. The van der Waals surface area contributed by atoms with E-state index in [9.17, 15) is 0 Å². The molecule has 0 amide bonds. The van der Waals surface area contributed by atoms with Crippen molar-refractivity contribution in [3.63, 3.8) is 0 Å². The zero-order chi connectivity index (χ0) is 6.97. The van der Waals surface area contributed by atoms with Crippen molar-refractivity contribution >= 4 is 5.82 Å². The maximum atomic E-state index is 4.15. The molecule has 2 rings (SSSR count). The van der Waals surface area contributed by atoms with E-state index in [1.54, 1.807) is 0 Å². The normalized spacial score (nSPS) is 16.1. The SMILES string of the molecule is Cn1ncc2c1NCCC2. The van der Waals surface area contributed by atoms with Crippen LogP contribution in [0.4, 0.5) is 5.82 Å². The van der Waals surface area contributed by atoms with E-state index in [0.29, 0.717) is 0 Å². The van der Waals surface area contributed by atoms with Crippen LogP contribution in [0.3, 0.4) is 0 Å². The highest BCUT2D eigenvalue weighted by molar-refractivity contribution is 5.45. The van der Waals surface area contributed by atoms with Gasteiger partial charge < -0.3 is 5.32 Å². The van der Waals surface area contributed by atoms with Gasteiger partial charge in [-0.25, -0.2) is 0 Å². The average Bonchev–Trinajstić information content (AvgIpc) is 2.34. The lowest BCUT2D eigenvalue weighted by Gasteiger charge is -2.13. The highest BCUT2D eigenvalue weighted by Crippen LogP contribution is 2.19. The maximum absolute atomic E-state index is 4.15. The van der Waals surface area contributed by atoms with Gasteiger partial charge in [0.15, 0.2) is 0 Å². The summed E-state index contributed by atoms with van der Waals surface area (Å²) in [4.78, 5) is 0. The Labute approximate surface area is 60.0 Å². The van der Waals surface area contributed by atoms with Gasteiger partial charge in [0, 0.05) is 19.2 Å². The second-order valence-electron chi connectivity index (χ2n) is 2.67. The lowest BCUT2D eigenvalue weighted by atomic mass is 10.1. The Kier molecular flexibility index (Phi) is 1.16. The van der Waals surface area contributed by atoms with Crippen molar-refractivity contribution < 1.29 is 0 Å². The van der Waals surface area contributed by atoms with Crippen molar-refractivity contribution in [1.82, 2.24) is 9.78 Å². The van der Waals surface area contributed by atoms with Gasteiger partial charge in [-0.15, -0.1) is 0 Å². The van der Waals surface area contributed by atoms with Crippen LogP contribution in [-0.4, -0.2) is 16.3 Å². The van der Waals surface area contributed by atoms with Crippen molar-refractivity contribution in [3.05, 3.63) is 11.8 Å². The van der Waals surface area contributed by atoms with Gasteiger partial charge in [0.25, 0.3) is 0 Å². The summed E-state index contributed by atoms with van der Waals surface area (Å²) in [6.45, 7) is 1.09. The van der Waals surface area contributed by atoms with Gasteiger partial charge in [-0.2, -0.15) is 5.10 Å². The van der Waals surface area contributed by atoms with Crippen LogP contribution in [0.2, 0.25) is 0 Å². The topological polar surface area (TPSA) is 29.9 Å². The molecule has 0 saturated carbocycles. The third-order valence-corrected chi connectivity index (χ3v) is 1.93. The number of anilines is 1. The number of nitrogens with one attached hydrogen (secondary N) is 1. The number of rotatable bonds is 0. The second kappa shape index (κ2) is 2.01. The zero-order valence-corrected chi connectivity index (χ0v) is 6.09. The summed E-state index contributed by atoms with van der Waals surface area (Å²) in [6, 6.07) is 0. The van der Waals surface area contributed by atoms with Crippen LogP contribution in [-0.2, 0) is 13.5 Å². The molecule has 3 heteroatoms. The van der Waals surface area contributed by atoms with Gasteiger partial charge in [-0.1, -0.05) is 0 Å². The third-order valence-electron chi connectivity index (χ3n) is 1.93. The van der Waals surface area contributed by atoms with Crippen LogP contribution >= 0.6 is 0 Å². The summed E-state index contributed by atoms with van der Waals surface area (Å²) in [7, 11) is 1.97. The van der Waals surface area contributed by atoms with Gasteiger partial charge >= 0.3 is 0 Å². The van der Waals surface area contributed by atoms with Crippen LogP contribution in [0.5, 0.6) is 0 Å². The zero-order valence-electron chi connectivity index (χ0n) is 6.09. The molecule has 0 unspecified atom stereocenters. The monoisotopic (exact) mass is 137 g/mol. The lowest BCUT2D eigenvalue weighted by Crippen LogP contribution is -2.13. The highest BCUT2D eigenvalue weighted by Gasteiger charge is 2.11. The summed E-state index contributed by atoms with van der Waals surface area (Å²) in [6.07, 6.45) is 4.36. The first kappa shape index (κ1) is 5.77. The predicted octanol–water partition coefficient (Wildman–Crippen LogP) is 0.778. The number of aromatic nitrogens is 2. The molecule has 54 valence electrons. The Morgan fingerprint density at radius 1 is 1.70 bits per heavy atom. The van der Waals surface area contributed by atoms with Crippen LogP contribution < -0.4 is 5.32 Å². The molecule has 1 N–H and O–H groups in total. The standard InChI is InChI=1S/C7H11N3/c1-10-7-6(5-9-10)3-2-4-8-7/h5,8H,2-4H2,1H3. The van der Waals surface area contributed by atoms with E-state index in [0.717, 1.165) is 6.54 Å². The number of fused-ring (bicyclic) bond motifs is 1. The van der Waals surface area contributed by atoms with Gasteiger partial charge in [0.05, 0.1) is 6.20 Å². The Hall–Kier alpha value is -0.990. The van der Waals surface area contributed by atoms with Crippen molar-refractivity contribution in [2.45, 2.75) is 12.8 Å². The summed E-state index contributed by atoms with van der Waals surface area (Å²) >= 11 is 0. The van der Waals surface area contributed by atoms with Gasteiger partial charge in [0.1, 0.15) is 5.82 Å². The number of hydrogen-bond donors (Lipinski definition) is 1. The largest absolute Gasteiger partial charge is 0.370 e. The van der Waals surface area contributed by atoms with Crippen LogP contribution in [0.15, 0.2) is 6.20 Å². The Balaban J connectivity index is 2.45. The molecule has 1 aliphatic rings. The second-order valence-corrected chi connectivity index (χ2v) is 2.67. The van der Waals surface area contributed by atoms with E-state index in [1.807, 2.05) is 17.9 Å². The predicted molar refractivity (Wildman–Crippen MR) is 40.0 cm³/mol. The van der Waals surface area contributed by atoms with Crippen LogP contribution in [0.25, 0.3) is 0 Å². The molecule has 0 fully saturated rings. The molecule has 0 atom stereocenters. The molecule has 0 radical (unpaired) electrons. The maximum Gasteiger partial charge on any atom is 0.127 e. The molecule has 0 aromatic carbocycles. The molecule has 0 spiro atoms. The van der Waals surface area contributed by atoms with E-state index in [-0.39, 0.29) is 0 Å². The smallest absolute Gasteiger partial charge is 0.127 e. The van der Waals surface area contributed by atoms with Crippen molar-refractivity contribution in [3.8, 4) is 0 Å².